The first-order valence-corrected chi connectivity index (χ1v) is 9.04. The van der Waals surface area contributed by atoms with E-state index in [2.05, 4.69) is 15.1 Å². The SMILES string of the molecule is O=C([C@@H]1CCCO1)N1CCC(OCc2nc(-c3ccncc3)no2)CC1. The normalized spacial score (nSPS) is 21.2. The predicted octanol–water partition coefficient (Wildman–Crippen LogP) is 1.82. The Morgan fingerprint density at radius 2 is 2.04 bits per heavy atom. The van der Waals surface area contributed by atoms with Crippen LogP contribution in [0.1, 0.15) is 31.6 Å². The molecular weight excluding hydrogens is 336 g/mol. The van der Waals surface area contributed by atoms with Gasteiger partial charge in [0.05, 0.1) is 6.10 Å². The van der Waals surface area contributed by atoms with E-state index in [0.717, 1.165) is 31.2 Å². The summed E-state index contributed by atoms with van der Waals surface area (Å²) in [5.74, 6) is 1.11. The maximum absolute atomic E-state index is 12.3. The predicted molar refractivity (Wildman–Crippen MR) is 90.9 cm³/mol. The monoisotopic (exact) mass is 358 g/mol. The Kier molecular flexibility index (Phi) is 5.21. The molecule has 0 spiro atoms. The lowest BCUT2D eigenvalue weighted by molar-refractivity contribution is -0.143. The van der Waals surface area contributed by atoms with Crippen LogP contribution < -0.4 is 0 Å². The fourth-order valence-corrected chi connectivity index (χ4v) is 3.34. The van der Waals surface area contributed by atoms with Gasteiger partial charge in [0.2, 0.25) is 5.82 Å². The first-order chi connectivity index (χ1) is 12.8. The number of hydrogen-bond donors (Lipinski definition) is 0. The van der Waals surface area contributed by atoms with Gasteiger partial charge in [-0.3, -0.25) is 9.78 Å². The topological polar surface area (TPSA) is 90.6 Å². The molecule has 1 atom stereocenters. The van der Waals surface area contributed by atoms with Gasteiger partial charge in [-0.2, -0.15) is 4.98 Å². The third-order valence-corrected chi connectivity index (χ3v) is 4.81. The highest BCUT2D eigenvalue weighted by Crippen LogP contribution is 2.21. The highest BCUT2D eigenvalue weighted by atomic mass is 16.5. The van der Waals surface area contributed by atoms with Crippen molar-refractivity contribution >= 4 is 5.91 Å². The molecule has 4 rings (SSSR count). The molecule has 2 saturated heterocycles. The number of carbonyl (C=O) groups is 1. The Hall–Kier alpha value is -2.32. The molecular formula is C18H22N4O4. The number of pyridine rings is 1. The molecule has 8 heteroatoms. The second kappa shape index (κ2) is 7.92. The average Bonchev–Trinajstić information content (AvgIpc) is 3.39. The summed E-state index contributed by atoms with van der Waals surface area (Å²) in [6, 6.07) is 3.66. The number of carbonyl (C=O) groups excluding carboxylic acids is 1. The molecule has 0 aliphatic carbocycles. The van der Waals surface area contributed by atoms with Crippen molar-refractivity contribution in [3.8, 4) is 11.4 Å². The Morgan fingerprint density at radius 3 is 2.77 bits per heavy atom. The molecule has 138 valence electrons. The van der Waals surface area contributed by atoms with Crippen molar-refractivity contribution in [3.63, 3.8) is 0 Å². The zero-order valence-corrected chi connectivity index (χ0v) is 14.5. The average molecular weight is 358 g/mol. The number of amides is 1. The molecule has 0 radical (unpaired) electrons. The van der Waals surface area contributed by atoms with Gasteiger partial charge in [-0.05, 0) is 37.8 Å². The molecule has 0 aromatic carbocycles. The molecule has 0 N–H and O–H groups in total. The minimum absolute atomic E-state index is 0.0971. The summed E-state index contributed by atoms with van der Waals surface area (Å²) >= 11 is 0. The molecule has 8 nitrogen and oxygen atoms in total. The van der Waals surface area contributed by atoms with Gasteiger partial charge in [-0.15, -0.1) is 0 Å². The lowest BCUT2D eigenvalue weighted by Gasteiger charge is -2.33. The van der Waals surface area contributed by atoms with Gasteiger partial charge in [-0.1, -0.05) is 5.16 Å². The summed E-state index contributed by atoms with van der Waals surface area (Å²) in [5, 5.41) is 3.97. The fourth-order valence-electron chi connectivity index (χ4n) is 3.34. The third kappa shape index (κ3) is 3.91. The molecule has 26 heavy (non-hydrogen) atoms. The summed E-state index contributed by atoms with van der Waals surface area (Å²) in [7, 11) is 0. The van der Waals surface area contributed by atoms with Crippen LogP contribution in [-0.4, -0.2) is 57.8 Å². The summed E-state index contributed by atoms with van der Waals surface area (Å²) in [6.07, 6.45) is 6.67. The first kappa shape index (κ1) is 17.1. The fraction of sp³-hybridized carbons (Fsp3) is 0.556. The van der Waals surface area contributed by atoms with Gasteiger partial charge >= 0.3 is 0 Å². The van der Waals surface area contributed by atoms with Crippen LogP contribution in [0.3, 0.4) is 0 Å². The van der Waals surface area contributed by atoms with Crippen molar-refractivity contribution < 1.29 is 18.8 Å². The van der Waals surface area contributed by atoms with E-state index in [1.54, 1.807) is 12.4 Å². The molecule has 1 amide bonds. The summed E-state index contributed by atoms with van der Waals surface area (Å²) < 4.78 is 16.6. The summed E-state index contributed by atoms with van der Waals surface area (Å²) in [5.41, 5.74) is 0.857. The molecule has 0 unspecified atom stereocenters. The van der Waals surface area contributed by atoms with E-state index in [1.807, 2.05) is 17.0 Å². The Morgan fingerprint density at radius 1 is 1.23 bits per heavy atom. The van der Waals surface area contributed by atoms with Crippen molar-refractivity contribution in [1.82, 2.24) is 20.0 Å². The maximum Gasteiger partial charge on any atom is 0.252 e. The van der Waals surface area contributed by atoms with Crippen LogP contribution in [0.5, 0.6) is 0 Å². The molecule has 2 aromatic heterocycles. The van der Waals surface area contributed by atoms with E-state index in [4.69, 9.17) is 14.0 Å². The van der Waals surface area contributed by atoms with E-state index < -0.39 is 0 Å². The quantitative estimate of drug-likeness (QED) is 0.805. The molecule has 2 aromatic rings. The van der Waals surface area contributed by atoms with Gasteiger partial charge in [-0.25, -0.2) is 0 Å². The Bertz CT molecular complexity index is 722. The minimum atomic E-state index is -0.238. The third-order valence-electron chi connectivity index (χ3n) is 4.81. The second-order valence-corrected chi connectivity index (χ2v) is 6.58. The van der Waals surface area contributed by atoms with Crippen LogP contribution in [0.25, 0.3) is 11.4 Å². The molecule has 2 aliphatic rings. The molecule has 4 heterocycles. The minimum Gasteiger partial charge on any atom is -0.368 e. The van der Waals surface area contributed by atoms with Crippen molar-refractivity contribution in [3.05, 3.63) is 30.4 Å². The smallest absolute Gasteiger partial charge is 0.252 e. The highest BCUT2D eigenvalue weighted by molar-refractivity contribution is 5.81. The molecule has 2 aliphatic heterocycles. The number of hydrogen-bond acceptors (Lipinski definition) is 7. The summed E-state index contributed by atoms with van der Waals surface area (Å²) in [4.78, 5) is 22.6. The number of likely N-dealkylation sites (tertiary alicyclic amines) is 1. The first-order valence-electron chi connectivity index (χ1n) is 9.04. The van der Waals surface area contributed by atoms with Gasteiger partial charge < -0.3 is 18.9 Å². The van der Waals surface area contributed by atoms with E-state index in [0.29, 0.717) is 31.4 Å². The summed E-state index contributed by atoms with van der Waals surface area (Å²) in [6.45, 7) is 2.38. The second-order valence-electron chi connectivity index (χ2n) is 6.58. The Balaban J connectivity index is 1.24. The van der Waals surface area contributed by atoms with Crippen molar-refractivity contribution in [1.29, 1.82) is 0 Å². The number of nitrogens with zero attached hydrogens (tertiary/aromatic N) is 4. The van der Waals surface area contributed by atoms with Gasteiger partial charge in [0.25, 0.3) is 11.8 Å². The molecule has 0 saturated carbocycles. The van der Waals surface area contributed by atoms with Crippen molar-refractivity contribution in [2.24, 2.45) is 0 Å². The molecule has 0 bridgehead atoms. The van der Waals surface area contributed by atoms with E-state index in [9.17, 15) is 4.79 Å². The van der Waals surface area contributed by atoms with Crippen LogP contribution in [0.4, 0.5) is 0 Å². The Labute approximate surface area is 151 Å². The van der Waals surface area contributed by atoms with Crippen molar-refractivity contribution in [2.45, 2.75) is 44.5 Å². The van der Waals surface area contributed by atoms with E-state index >= 15 is 0 Å². The lowest BCUT2D eigenvalue weighted by Crippen LogP contribution is -2.45. The van der Waals surface area contributed by atoms with Crippen molar-refractivity contribution in [2.75, 3.05) is 19.7 Å². The van der Waals surface area contributed by atoms with Gasteiger partial charge in [0.1, 0.15) is 12.7 Å². The zero-order valence-electron chi connectivity index (χ0n) is 14.5. The number of ether oxygens (including phenoxy) is 2. The zero-order chi connectivity index (χ0) is 17.8. The standard InChI is InChI=1S/C18H22N4O4/c23-18(15-2-1-11-24-15)22-9-5-14(6-10-22)25-12-16-20-17(21-26-16)13-3-7-19-8-4-13/h3-4,7-8,14-15H,1-2,5-6,9-12H2/t15-/m0/s1. The lowest BCUT2D eigenvalue weighted by atomic mass is 10.1. The van der Waals surface area contributed by atoms with Crippen LogP contribution >= 0.6 is 0 Å². The van der Waals surface area contributed by atoms with Crippen LogP contribution in [0, 0.1) is 0 Å². The molecule has 2 fully saturated rings. The largest absolute Gasteiger partial charge is 0.368 e. The van der Waals surface area contributed by atoms with Gasteiger partial charge in [0, 0.05) is 37.7 Å². The van der Waals surface area contributed by atoms with Gasteiger partial charge in [0.15, 0.2) is 0 Å². The number of rotatable bonds is 5. The van der Waals surface area contributed by atoms with Crippen LogP contribution in [0.2, 0.25) is 0 Å². The van der Waals surface area contributed by atoms with Crippen LogP contribution in [-0.2, 0) is 20.9 Å². The van der Waals surface area contributed by atoms with Crippen LogP contribution in [0.15, 0.2) is 29.0 Å². The number of piperidine rings is 1. The highest BCUT2D eigenvalue weighted by Gasteiger charge is 2.31. The maximum atomic E-state index is 12.3. The van der Waals surface area contributed by atoms with E-state index in [1.165, 1.54) is 0 Å². The van der Waals surface area contributed by atoms with E-state index in [-0.39, 0.29) is 24.7 Å². The number of aromatic nitrogens is 3.